The molecule has 2 rings (SSSR count). The molecular weight excluding hydrogens is 264 g/mol. The maximum Gasteiger partial charge on any atom is 0.222 e. The number of benzene rings is 1. The monoisotopic (exact) mass is 290 g/mol. The van der Waals surface area contributed by atoms with E-state index >= 15 is 0 Å². The van der Waals surface area contributed by atoms with Gasteiger partial charge in [0.1, 0.15) is 0 Å². The first-order valence-corrected chi connectivity index (χ1v) is 7.90. The molecule has 1 aliphatic carbocycles. The molecule has 4 heteroatoms. The molecule has 0 aromatic heterocycles. The minimum absolute atomic E-state index is 0.0772. The molecule has 3 N–H and O–H groups in total. The summed E-state index contributed by atoms with van der Waals surface area (Å²) in [5.74, 6) is 0.515. The Balaban J connectivity index is 1.63. The number of nitrogens with two attached hydrogens (primary N) is 1. The van der Waals surface area contributed by atoms with Gasteiger partial charge in [-0.2, -0.15) is 0 Å². The lowest BCUT2D eigenvalue weighted by Gasteiger charge is -2.31. The number of hydrogen-bond donors (Lipinski definition) is 2. The van der Waals surface area contributed by atoms with Crippen molar-refractivity contribution in [3.05, 3.63) is 35.9 Å². The largest absolute Gasteiger partial charge is 0.376 e. The SMILES string of the molecule is NCC1CCCCC1NC(=O)CCOCc1ccccc1. The van der Waals surface area contributed by atoms with E-state index in [1.54, 1.807) is 0 Å². The summed E-state index contributed by atoms with van der Waals surface area (Å²) in [6.07, 6.45) is 5.02. The van der Waals surface area contributed by atoms with Crippen molar-refractivity contribution in [2.75, 3.05) is 13.2 Å². The number of carbonyl (C=O) groups excluding carboxylic acids is 1. The van der Waals surface area contributed by atoms with Gasteiger partial charge in [-0.1, -0.05) is 43.2 Å². The van der Waals surface area contributed by atoms with Gasteiger partial charge < -0.3 is 15.8 Å². The summed E-state index contributed by atoms with van der Waals surface area (Å²) in [6.45, 7) is 1.68. The van der Waals surface area contributed by atoms with Crippen LogP contribution in [-0.4, -0.2) is 25.1 Å². The van der Waals surface area contributed by atoms with Crippen LogP contribution in [0.25, 0.3) is 0 Å². The Morgan fingerprint density at radius 2 is 2.00 bits per heavy atom. The summed E-state index contributed by atoms with van der Waals surface area (Å²) in [5.41, 5.74) is 6.91. The van der Waals surface area contributed by atoms with Crippen molar-refractivity contribution < 1.29 is 9.53 Å². The highest BCUT2D eigenvalue weighted by Gasteiger charge is 2.24. The van der Waals surface area contributed by atoms with Crippen LogP contribution in [0.3, 0.4) is 0 Å². The molecular formula is C17H26N2O2. The standard InChI is InChI=1S/C17H26N2O2/c18-12-15-8-4-5-9-16(15)19-17(20)10-11-21-13-14-6-2-1-3-7-14/h1-3,6-7,15-16H,4-5,8-13,18H2,(H,19,20). The molecule has 21 heavy (non-hydrogen) atoms. The van der Waals surface area contributed by atoms with E-state index in [4.69, 9.17) is 10.5 Å². The van der Waals surface area contributed by atoms with Gasteiger partial charge in [0.05, 0.1) is 13.2 Å². The normalized spacial score (nSPS) is 22.0. The van der Waals surface area contributed by atoms with Gasteiger partial charge in [-0.3, -0.25) is 4.79 Å². The lowest BCUT2D eigenvalue weighted by molar-refractivity contribution is -0.123. The lowest BCUT2D eigenvalue weighted by atomic mass is 9.84. The van der Waals surface area contributed by atoms with Crippen LogP contribution in [0.15, 0.2) is 30.3 Å². The summed E-state index contributed by atoms with van der Waals surface area (Å²) in [4.78, 5) is 12.0. The smallest absolute Gasteiger partial charge is 0.222 e. The van der Waals surface area contributed by atoms with Gasteiger partial charge in [-0.05, 0) is 30.9 Å². The number of rotatable bonds is 7. The van der Waals surface area contributed by atoms with Crippen LogP contribution < -0.4 is 11.1 Å². The van der Waals surface area contributed by atoms with E-state index in [2.05, 4.69) is 5.32 Å². The zero-order valence-electron chi connectivity index (χ0n) is 12.6. The van der Waals surface area contributed by atoms with Crippen molar-refractivity contribution in [1.82, 2.24) is 5.32 Å². The number of hydrogen-bond acceptors (Lipinski definition) is 3. The molecule has 4 nitrogen and oxygen atoms in total. The van der Waals surface area contributed by atoms with Crippen molar-refractivity contribution in [1.29, 1.82) is 0 Å². The Morgan fingerprint density at radius 3 is 2.76 bits per heavy atom. The molecule has 2 unspecified atom stereocenters. The maximum absolute atomic E-state index is 12.0. The van der Waals surface area contributed by atoms with Gasteiger partial charge in [0.15, 0.2) is 0 Å². The Hall–Kier alpha value is -1.39. The number of amides is 1. The Bertz CT molecular complexity index is 422. The van der Waals surface area contributed by atoms with Gasteiger partial charge in [-0.25, -0.2) is 0 Å². The van der Waals surface area contributed by atoms with Crippen molar-refractivity contribution >= 4 is 5.91 Å². The average molecular weight is 290 g/mol. The Labute approximate surface area is 127 Å². The first-order valence-electron chi connectivity index (χ1n) is 7.90. The Kier molecular flexibility index (Phi) is 6.70. The molecule has 116 valence electrons. The van der Waals surface area contributed by atoms with Crippen LogP contribution in [0.1, 0.15) is 37.7 Å². The van der Waals surface area contributed by atoms with E-state index < -0.39 is 0 Å². The van der Waals surface area contributed by atoms with E-state index in [-0.39, 0.29) is 11.9 Å². The van der Waals surface area contributed by atoms with Gasteiger partial charge in [-0.15, -0.1) is 0 Å². The minimum Gasteiger partial charge on any atom is -0.376 e. The highest BCUT2D eigenvalue weighted by molar-refractivity contribution is 5.76. The van der Waals surface area contributed by atoms with Gasteiger partial charge in [0.2, 0.25) is 5.91 Å². The fraction of sp³-hybridized carbons (Fsp3) is 0.588. The van der Waals surface area contributed by atoms with Crippen molar-refractivity contribution in [3.8, 4) is 0 Å². The van der Waals surface area contributed by atoms with Crippen LogP contribution in [0.5, 0.6) is 0 Å². The van der Waals surface area contributed by atoms with Crippen LogP contribution in [0, 0.1) is 5.92 Å². The van der Waals surface area contributed by atoms with E-state index in [1.807, 2.05) is 30.3 Å². The van der Waals surface area contributed by atoms with Crippen molar-refractivity contribution in [3.63, 3.8) is 0 Å². The fourth-order valence-corrected chi connectivity index (χ4v) is 2.89. The van der Waals surface area contributed by atoms with Crippen molar-refractivity contribution in [2.45, 2.75) is 44.8 Å². The molecule has 1 fully saturated rings. The third-order valence-electron chi connectivity index (χ3n) is 4.14. The zero-order chi connectivity index (χ0) is 14.9. The molecule has 0 spiro atoms. The molecule has 0 radical (unpaired) electrons. The maximum atomic E-state index is 12.0. The van der Waals surface area contributed by atoms with Crippen molar-refractivity contribution in [2.24, 2.45) is 11.7 Å². The molecule has 1 aliphatic rings. The highest BCUT2D eigenvalue weighted by Crippen LogP contribution is 2.23. The average Bonchev–Trinajstić information content (AvgIpc) is 2.53. The predicted molar refractivity (Wildman–Crippen MR) is 83.7 cm³/mol. The summed E-state index contributed by atoms with van der Waals surface area (Å²) >= 11 is 0. The summed E-state index contributed by atoms with van der Waals surface area (Å²) in [7, 11) is 0. The first kappa shape index (κ1) is 16.0. The molecule has 0 aliphatic heterocycles. The zero-order valence-corrected chi connectivity index (χ0v) is 12.6. The number of carbonyl (C=O) groups is 1. The molecule has 1 saturated carbocycles. The minimum atomic E-state index is 0.0772. The molecule has 2 atom stereocenters. The van der Waals surface area contributed by atoms with E-state index in [0.29, 0.717) is 32.1 Å². The highest BCUT2D eigenvalue weighted by atomic mass is 16.5. The van der Waals surface area contributed by atoms with Crippen LogP contribution in [0.4, 0.5) is 0 Å². The molecule has 0 saturated heterocycles. The molecule has 1 aromatic rings. The summed E-state index contributed by atoms with van der Waals surface area (Å²) < 4.78 is 5.55. The molecule has 0 heterocycles. The van der Waals surface area contributed by atoms with Gasteiger partial charge >= 0.3 is 0 Å². The summed E-state index contributed by atoms with van der Waals surface area (Å²) in [6, 6.07) is 10.3. The quantitative estimate of drug-likeness (QED) is 0.757. The van der Waals surface area contributed by atoms with Crippen LogP contribution >= 0.6 is 0 Å². The third kappa shape index (κ3) is 5.48. The molecule has 1 amide bonds. The molecule has 1 aromatic carbocycles. The number of ether oxygens (including phenoxy) is 1. The summed E-state index contributed by atoms with van der Waals surface area (Å²) in [5, 5.41) is 3.12. The Morgan fingerprint density at radius 1 is 1.24 bits per heavy atom. The first-order chi connectivity index (χ1) is 10.3. The second kappa shape index (κ2) is 8.80. The predicted octanol–water partition coefficient (Wildman–Crippen LogP) is 2.23. The topological polar surface area (TPSA) is 64.3 Å². The second-order valence-electron chi connectivity index (χ2n) is 5.74. The second-order valence-corrected chi connectivity index (χ2v) is 5.74. The van der Waals surface area contributed by atoms with Crippen LogP contribution in [-0.2, 0) is 16.1 Å². The van der Waals surface area contributed by atoms with E-state index in [9.17, 15) is 4.79 Å². The van der Waals surface area contributed by atoms with Crippen LogP contribution in [0.2, 0.25) is 0 Å². The fourth-order valence-electron chi connectivity index (χ4n) is 2.89. The third-order valence-corrected chi connectivity index (χ3v) is 4.14. The number of nitrogens with one attached hydrogen (secondary N) is 1. The van der Waals surface area contributed by atoms with E-state index in [1.165, 1.54) is 12.8 Å². The molecule has 0 bridgehead atoms. The van der Waals surface area contributed by atoms with Gasteiger partial charge in [0, 0.05) is 12.5 Å². The lowest BCUT2D eigenvalue weighted by Crippen LogP contribution is -2.44. The van der Waals surface area contributed by atoms with Gasteiger partial charge in [0.25, 0.3) is 0 Å². The van der Waals surface area contributed by atoms with E-state index in [0.717, 1.165) is 18.4 Å².